The summed E-state index contributed by atoms with van der Waals surface area (Å²) in [5.41, 5.74) is 1.76. The Balaban J connectivity index is 2.19. The van der Waals surface area contributed by atoms with Crippen molar-refractivity contribution in [3.05, 3.63) is 28.2 Å². The fraction of sp³-hybridized carbons (Fsp3) is 0.500. The Labute approximate surface area is 116 Å². The molecule has 0 unspecified atom stereocenters. The van der Waals surface area contributed by atoms with Crippen molar-refractivity contribution in [3.8, 4) is 0 Å². The molecular weight excluding hydrogens is 294 g/mol. The van der Waals surface area contributed by atoms with Gasteiger partial charge in [-0.05, 0) is 31.0 Å². The second kappa shape index (κ2) is 4.92. The van der Waals surface area contributed by atoms with Crippen LogP contribution in [-0.2, 0) is 0 Å². The molecule has 0 amide bonds. The van der Waals surface area contributed by atoms with Gasteiger partial charge in [-0.15, -0.1) is 0 Å². The quantitative estimate of drug-likeness (QED) is 0.920. The molecule has 1 N–H and O–H groups in total. The van der Waals surface area contributed by atoms with E-state index >= 15 is 0 Å². The van der Waals surface area contributed by atoms with E-state index in [4.69, 9.17) is 5.11 Å². The number of aromatic carboxylic acids is 1. The van der Waals surface area contributed by atoms with Gasteiger partial charge < -0.3 is 10.0 Å². The molecule has 0 spiro atoms. The molecular formula is C14H18BrNO2. The molecule has 4 heteroatoms. The highest BCUT2D eigenvalue weighted by Gasteiger charge is 2.39. The summed E-state index contributed by atoms with van der Waals surface area (Å²) in [6.45, 7) is 6.50. The molecule has 2 rings (SSSR count). The Morgan fingerprint density at radius 2 is 1.94 bits per heavy atom. The zero-order valence-corrected chi connectivity index (χ0v) is 12.3. The average molecular weight is 312 g/mol. The van der Waals surface area contributed by atoms with Crippen LogP contribution in [0.4, 0.5) is 5.69 Å². The fourth-order valence-corrected chi connectivity index (χ4v) is 3.00. The molecule has 3 nitrogen and oxygen atoms in total. The third-order valence-corrected chi connectivity index (χ3v) is 4.51. The summed E-state index contributed by atoms with van der Waals surface area (Å²) in [5, 5.41) is 9.06. The summed E-state index contributed by atoms with van der Waals surface area (Å²) in [4.78, 5) is 13.3. The van der Waals surface area contributed by atoms with Crippen LogP contribution in [0.3, 0.4) is 0 Å². The van der Waals surface area contributed by atoms with Crippen LogP contribution in [0.15, 0.2) is 22.7 Å². The topological polar surface area (TPSA) is 40.5 Å². The first kappa shape index (κ1) is 13.4. The Bertz CT molecular complexity index is 461. The zero-order chi connectivity index (χ0) is 13.3. The molecule has 0 aromatic heterocycles. The number of carboxylic acid groups (broad SMARTS) is 1. The average Bonchev–Trinajstić information content (AvgIpc) is 2.28. The van der Waals surface area contributed by atoms with Crippen molar-refractivity contribution in [3.63, 3.8) is 0 Å². The van der Waals surface area contributed by atoms with Crippen molar-refractivity contribution in [1.82, 2.24) is 0 Å². The molecule has 1 aromatic rings. The van der Waals surface area contributed by atoms with Crippen LogP contribution in [0.1, 0.15) is 37.0 Å². The first-order valence-electron chi connectivity index (χ1n) is 6.28. The third kappa shape index (κ3) is 2.39. The minimum atomic E-state index is -0.879. The van der Waals surface area contributed by atoms with E-state index < -0.39 is 5.97 Å². The highest BCUT2D eigenvalue weighted by molar-refractivity contribution is 9.10. The number of halogens is 1. The first-order chi connectivity index (χ1) is 8.49. The smallest absolute Gasteiger partial charge is 0.335 e. The molecule has 0 atom stereocenters. The van der Waals surface area contributed by atoms with E-state index in [1.165, 1.54) is 12.8 Å². The number of rotatable bonds is 4. The second-order valence-corrected chi connectivity index (χ2v) is 5.98. The van der Waals surface area contributed by atoms with Crippen molar-refractivity contribution in [2.75, 3.05) is 18.0 Å². The molecule has 1 aliphatic heterocycles. The van der Waals surface area contributed by atoms with Gasteiger partial charge in [-0.25, -0.2) is 4.79 Å². The molecule has 0 aliphatic carbocycles. The summed E-state index contributed by atoms with van der Waals surface area (Å²) in [5.74, 6) is -0.879. The van der Waals surface area contributed by atoms with Crippen LogP contribution in [-0.4, -0.2) is 24.2 Å². The van der Waals surface area contributed by atoms with Crippen LogP contribution in [0.5, 0.6) is 0 Å². The van der Waals surface area contributed by atoms with Crippen molar-refractivity contribution < 1.29 is 9.90 Å². The van der Waals surface area contributed by atoms with E-state index in [1.54, 1.807) is 12.1 Å². The molecule has 0 saturated carbocycles. The standard InChI is InChI=1S/C14H18BrNO2/c1-3-14(4-2)8-16(9-14)12-6-10(13(17)18)5-11(15)7-12/h5-7H,3-4,8-9H2,1-2H3,(H,17,18). The van der Waals surface area contributed by atoms with Crippen molar-refractivity contribution in [1.29, 1.82) is 0 Å². The molecule has 1 fully saturated rings. The van der Waals surface area contributed by atoms with Gasteiger partial charge in [0.15, 0.2) is 0 Å². The van der Waals surface area contributed by atoms with Crippen molar-refractivity contribution >= 4 is 27.6 Å². The largest absolute Gasteiger partial charge is 0.478 e. The zero-order valence-electron chi connectivity index (χ0n) is 10.7. The van der Waals surface area contributed by atoms with Gasteiger partial charge in [0.1, 0.15) is 0 Å². The van der Waals surface area contributed by atoms with Gasteiger partial charge in [-0.3, -0.25) is 0 Å². The molecule has 0 bridgehead atoms. The van der Waals surface area contributed by atoms with Gasteiger partial charge in [0, 0.05) is 28.7 Å². The molecule has 98 valence electrons. The summed E-state index contributed by atoms with van der Waals surface area (Å²) in [6, 6.07) is 5.38. The maximum Gasteiger partial charge on any atom is 0.335 e. The number of hydrogen-bond donors (Lipinski definition) is 1. The highest BCUT2D eigenvalue weighted by Crippen LogP contribution is 2.40. The molecule has 1 aliphatic rings. The van der Waals surface area contributed by atoms with Gasteiger partial charge in [-0.1, -0.05) is 29.8 Å². The lowest BCUT2D eigenvalue weighted by atomic mass is 9.75. The summed E-state index contributed by atoms with van der Waals surface area (Å²) >= 11 is 3.38. The summed E-state index contributed by atoms with van der Waals surface area (Å²) in [7, 11) is 0. The monoisotopic (exact) mass is 311 g/mol. The number of hydrogen-bond acceptors (Lipinski definition) is 2. The number of nitrogens with zero attached hydrogens (tertiary/aromatic N) is 1. The van der Waals surface area contributed by atoms with Gasteiger partial charge in [0.25, 0.3) is 0 Å². The minimum absolute atomic E-state index is 0.338. The van der Waals surface area contributed by atoms with Crippen LogP contribution in [0.25, 0.3) is 0 Å². The lowest BCUT2D eigenvalue weighted by Crippen LogP contribution is -2.55. The number of carbonyl (C=O) groups is 1. The molecule has 1 aromatic carbocycles. The lowest BCUT2D eigenvalue weighted by molar-refractivity contribution is 0.0697. The lowest BCUT2D eigenvalue weighted by Gasteiger charge is -2.51. The Hall–Kier alpha value is -1.03. The van der Waals surface area contributed by atoms with Crippen LogP contribution in [0, 0.1) is 5.41 Å². The fourth-order valence-electron chi connectivity index (χ4n) is 2.52. The van der Waals surface area contributed by atoms with E-state index in [9.17, 15) is 4.79 Å². The summed E-state index contributed by atoms with van der Waals surface area (Å²) in [6.07, 6.45) is 2.36. The molecule has 1 saturated heterocycles. The Morgan fingerprint density at radius 3 is 2.44 bits per heavy atom. The molecule has 1 heterocycles. The van der Waals surface area contributed by atoms with Crippen LogP contribution >= 0.6 is 15.9 Å². The second-order valence-electron chi connectivity index (χ2n) is 5.07. The minimum Gasteiger partial charge on any atom is -0.478 e. The van der Waals surface area contributed by atoms with Crippen molar-refractivity contribution in [2.45, 2.75) is 26.7 Å². The van der Waals surface area contributed by atoms with Crippen LogP contribution < -0.4 is 4.90 Å². The molecule has 18 heavy (non-hydrogen) atoms. The van der Waals surface area contributed by atoms with Crippen molar-refractivity contribution in [2.24, 2.45) is 5.41 Å². The van der Waals surface area contributed by atoms with Gasteiger partial charge in [0.2, 0.25) is 0 Å². The van der Waals surface area contributed by atoms with Gasteiger partial charge in [-0.2, -0.15) is 0 Å². The Kier molecular flexibility index (Phi) is 3.66. The van der Waals surface area contributed by atoms with E-state index in [0.29, 0.717) is 11.0 Å². The maximum atomic E-state index is 11.0. The predicted molar refractivity (Wildman–Crippen MR) is 76.3 cm³/mol. The highest BCUT2D eigenvalue weighted by atomic mass is 79.9. The third-order valence-electron chi connectivity index (χ3n) is 4.05. The maximum absolute atomic E-state index is 11.0. The number of carboxylic acids is 1. The van der Waals surface area contributed by atoms with E-state index in [-0.39, 0.29) is 0 Å². The Morgan fingerprint density at radius 1 is 1.33 bits per heavy atom. The normalized spacial score (nSPS) is 17.4. The number of benzene rings is 1. The van der Waals surface area contributed by atoms with Gasteiger partial charge in [0.05, 0.1) is 5.56 Å². The number of anilines is 1. The van der Waals surface area contributed by atoms with Crippen LogP contribution in [0.2, 0.25) is 0 Å². The van der Waals surface area contributed by atoms with E-state index in [0.717, 1.165) is 23.2 Å². The summed E-state index contributed by atoms with van der Waals surface area (Å²) < 4.78 is 0.822. The van der Waals surface area contributed by atoms with E-state index in [1.807, 2.05) is 6.07 Å². The van der Waals surface area contributed by atoms with E-state index in [2.05, 4.69) is 34.7 Å². The SMILES string of the molecule is CCC1(CC)CN(c2cc(Br)cc(C(=O)O)c2)C1. The predicted octanol–water partition coefficient (Wildman–Crippen LogP) is 3.77. The molecule has 0 radical (unpaired) electrons. The first-order valence-corrected chi connectivity index (χ1v) is 7.08. The van der Waals surface area contributed by atoms with Gasteiger partial charge >= 0.3 is 5.97 Å².